The van der Waals surface area contributed by atoms with Gasteiger partial charge in [-0.15, -0.1) is 0 Å². The van der Waals surface area contributed by atoms with Gasteiger partial charge in [-0.1, -0.05) is 18.0 Å². The summed E-state index contributed by atoms with van der Waals surface area (Å²) in [5, 5.41) is 3.66. The van der Waals surface area contributed by atoms with E-state index in [0.717, 1.165) is 4.31 Å². The molecule has 96 valence electrons. The highest BCUT2D eigenvalue weighted by atomic mass is 32.1. The van der Waals surface area contributed by atoms with Crippen LogP contribution in [-0.2, 0) is 4.74 Å². The number of nitrogens with zero attached hydrogens (tertiary/aromatic N) is 3. The second-order valence-corrected chi connectivity index (χ2v) is 5.11. The Morgan fingerprint density at radius 3 is 2.53 bits per heavy atom. The Kier molecular flexibility index (Phi) is 4.03. The molecule has 1 aromatic rings. The molecule has 7 heteroatoms. The largest absolute Gasteiger partial charge is 0.443 e. The van der Waals surface area contributed by atoms with Gasteiger partial charge in [-0.25, -0.2) is 9.10 Å². The van der Waals surface area contributed by atoms with Gasteiger partial charge >= 0.3 is 6.09 Å². The Labute approximate surface area is 106 Å². The molecule has 1 aromatic heterocycles. The lowest BCUT2D eigenvalue weighted by atomic mass is 10.2. The fraction of sp³-hybridized carbons (Fsp3) is 0.700. The molecule has 6 nitrogen and oxygen atoms in total. The highest BCUT2D eigenvalue weighted by molar-refractivity contribution is 7.78. The number of rotatable bonds is 2. The van der Waals surface area contributed by atoms with Crippen molar-refractivity contribution in [2.45, 2.75) is 46.3 Å². The minimum absolute atomic E-state index is 0.323. The zero-order valence-corrected chi connectivity index (χ0v) is 11.5. The molecule has 1 atom stereocenters. The summed E-state index contributed by atoms with van der Waals surface area (Å²) in [6.45, 7) is 8.79. The molecule has 1 unspecified atom stereocenters. The maximum atomic E-state index is 11.7. The van der Waals surface area contributed by atoms with E-state index < -0.39 is 17.7 Å². The predicted molar refractivity (Wildman–Crippen MR) is 64.5 cm³/mol. The van der Waals surface area contributed by atoms with Gasteiger partial charge in [0, 0.05) is 0 Å². The van der Waals surface area contributed by atoms with Crippen LogP contribution in [0.4, 0.5) is 4.79 Å². The van der Waals surface area contributed by atoms with Crippen LogP contribution in [0, 0.1) is 6.92 Å². The third-order valence-electron chi connectivity index (χ3n) is 1.85. The van der Waals surface area contributed by atoms with Gasteiger partial charge in [0.2, 0.25) is 5.89 Å². The van der Waals surface area contributed by atoms with Gasteiger partial charge in [-0.05, 0) is 34.6 Å². The van der Waals surface area contributed by atoms with Gasteiger partial charge in [0.05, 0.1) is 0 Å². The van der Waals surface area contributed by atoms with Crippen LogP contribution in [0.25, 0.3) is 0 Å². The highest BCUT2D eigenvalue weighted by Crippen LogP contribution is 2.22. The molecule has 0 aliphatic heterocycles. The van der Waals surface area contributed by atoms with Crippen LogP contribution in [0.3, 0.4) is 0 Å². The predicted octanol–water partition coefficient (Wildman–Crippen LogP) is 2.52. The quantitative estimate of drug-likeness (QED) is 0.826. The smallest absolute Gasteiger partial charge is 0.420 e. The van der Waals surface area contributed by atoms with Crippen molar-refractivity contribution in [2.24, 2.45) is 0 Å². The molecule has 1 rings (SSSR count). The fourth-order valence-corrected chi connectivity index (χ4v) is 1.19. The lowest BCUT2D eigenvalue weighted by molar-refractivity contribution is 0.0349. The average Bonchev–Trinajstić information content (AvgIpc) is 2.60. The van der Waals surface area contributed by atoms with Crippen LogP contribution < -0.4 is 0 Å². The van der Waals surface area contributed by atoms with Crippen molar-refractivity contribution in [1.29, 1.82) is 0 Å². The van der Waals surface area contributed by atoms with Crippen molar-refractivity contribution >= 4 is 18.9 Å². The second-order valence-electron chi connectivity index (χ2n) is 4.68. The molecule has 0 N–H and O–H groups in total. The monoisotopic (exact) mass is 259 g/mol. The summed E-state index contributed by atoms with van der Waals surface area (Å²) in [5.41, 5.74) is -0.567. The Hall–Kier alpha value is -1.24. The van der Waals surface area contributed by atoms with E-state index in [4.69, 9.17) is 9.26 Å². The molecule has 1 heterocycles. The summed E-state index contributed by atoms with van der Waals surface area (Å²) < 4.78 is 11.3. The number of aryl methyl sites for hydroxylation is 1. The van der Waals surface area contributed by atoms with Gasteiger partial charge in [-0.3, -0.25) is 0 Å². The molecule has 0 fully saturated rings. The zero-order chi connectivity index (χ0) is 13.2. The number of thiol groups is 1. The summed E-state index contributed by atoms with van der Waals surface area (Å²) >= 11 is 4.08. The SMILES string of the molecule is Cc1noc(C(C)N(S)C(=O)OC(C)(C)C)n1. The molecule has 0 saturated carbocycles. The van der Waals surface area contributed by atoms with Crippen LogP contribution in [-0.4, -0.2) is 26.1 Å². The first-order valence-corrected chi connectivity index (χ1v) is 5.62. The van der Waals surface area contributed by atoms with Crippen molar-refractivity contribution in [2.75, 3.05) is 0 Å². The van der Waals surface area contributed by atoms with Gasteiger partial charge in [0.1, 0.15) is 11.6 Å². The van der Waals surface area contributed by atoms with Crippen LogP contribution in [0.5, 0.6) is 0 Å². The van der Waals surface area contributed by atoms with Crippen LogP contribution in [0.2, 0.25) is 0 Å². The van der Waals surface area contributed by atoms with E-state index in [-0.39, 0.29) is 0 Å². The highest BCUT2D eigenvalue weighted by Gasteiger charge is 2.27. The van der Waals surface area contributed by atoms with Crippen LogP contribution in [0.15, 0.2) is 4.52 Å². The van der Waals surface area contributed by atoms with Crippen molar-refractivity contribution in [3.8, 4) is 0 Å². The average molecular weight is 259 g/mol. The second kappa shape index (κ2) is 4.95. The number of amides is 1. The maximum absolute atomic E-state index is 11.7. The number of aromatic nitrogens is 2. The first-order chi connectivity index (χ1) is 7.70. The lowest BCUT2D eigenvalue weighted by Gasteiger charge is -2.25. The zero-order valence-electron chi connectivity index (χ0n) is 10.6. The van der Waals surface area contributed by atoms with E-state index in [1.54, 1.807) is 34.6 Å². The van der Waals surface area contributed by atoms with Crippen molar-refractivity contribution in [3.05, 3.63) is 11.7 Å². The molecular weight excluding hydrogens is 242 g/mol. The molecule has 1 amide bonds. The van der Waals surface area contributed by atoms with E-state index in [2.05, 4.69) is 23.0 Å². The molecule has 0 radical (unpaired) electrons. The van der Waals surface area contributed by atoms with Gasteiger partial charge < -0.3 is 9.26 Å². The molecular formula is C10H17N3O3S. The van der Waals surface area contributed by atoms with Gasteiger partial charge in [0.25, 0.3) is 0 Å². The minimum Gasteiger partial charge on any atom is -0.443 e. The molecule has 0 bridgehead atoms. The number of hydrogen-bond donors (Lipinski definition) is 1. The molecule has 0 aliphatic carbocycles. The first-order valence-electron chi connectivity index (χ1n) is 5.22. The maximum Gasteiger partial charge on any atom is 0.420 e. The molecule has 0 aliphatic rings. The van der Waals surface area contributed by atoms with E-state index in [0.29, 0.717) is 11.7 Å². The van der Waals surface area contributed by atoms with Crippen LogP contribution >= 0.6 is 12.8 Å². The number of carbonyl (C=O) groups excluding carboxylic acids is 1. The summed E-state index contributed by atoms with van der Waals surface area (Å²) in [6.07, 6.45) is -0.552. The summed E-state index contributed by atoms with van der Waals surface area (Å²) in [4.78, 5) is 15.8. The topological polar surface area (TPSA) is 68.5 Å². The number of hydrogen-bond acceptors (Lipinski definition) is 6. The lowest BCUT2D eigenvalue weighted by Crippen LogP contribution is -2.32. The molecule has 0 spiro atoms. The van der Waals surface area contributed by atoms with E-state index in [1.807, 2.05) is 0 Å². The van der Waals surface area contributed by atoms with Crippen molar-refractivity contribution < 1.29 is 14.1 Å². The van der Waals surface area contributed by atoms with E-state index >= 15 is 0 Å². The standard InChI is InChI=1S/C10H17N3O3S/c1-6(8-11-7(2)12-16-8)13(17)9(14)15-10(3,4)5/h6,17H,1-5H3. The summed E-state index contributed by atoms with van der Waals surface area (Å²) in [6, 6.07) is -0.450. The van der Waals surface area contributed by atoms with E-state index in [1.165, 1.54) is 0 Å². The van der Waals surface area contributed by atoms with Crippen molar-refractivity contribution in [3.63, 3.8) is 0 Å². The number of carbonyl (C=O) groups is 1. The summed E-state index contributed by atoms with van der Waals surface area (Å²) in [7, 11) is 0. The Morgan fingerprint density at radius 1 is 1.53 bits per heavy atom. The minimum atomic E-state index is -0.567. The number of ether oxygens (including phenoxy) is 1. The fourth-order valence-electron chi connectivity index (χ4n) is 1.05. The third-order valence-corrected chi connectivity index (χ3v) is 2.36. The summed E-state index contributed by atoms with van der Waals surface area (Å²) in [5.74, 6) is 0.834. The normalized spacial score (nSPS) is 13.3. The first kappa shape index (κ1) is 13.8. The third kappa shape index (κ3) is 3.92. The Morgan fingerprint density at radius 2 is 2.12 bits per heavy atom. The molecule has 0 saturated heterocycles. The molecule has 17 heavy (non-hydrogen) atoms. The Balaban J connectivity index is 2.70. The van der Waals surface area contributed by atoms with Crippen molar-refractivity contribution in [1.82, 2.24) is 14.4 Å². The van der Waals surface area contributed by atoms with Gasteiger partial charge in [-0.2, -0.15) is 4.98 Å². The Bertz CT molecular complexity index is 400. The van der Waals surface area contributed by atoms with Crippen LogP contribution in [0.1, 0.15) is 45.5 Å². The molecule has 0 aromatic carbocycles. The van der Waals surface area contributed by atoms with E-state index in [9.17, 15) is 4.79 Å². The van der Waals surface area contributed by atoms with Gasteiger partial charge in [0.15, 0.2) is 5.82 Å².